The summed E-state index contributed by atoms with van der Waals surface area (Å²) < 4.78 is 18.1. The van der Waals surface area contributed by atoms with Crippen LogP contribution in [0.3, 0.4) is 0 Å². The fourth-order valence-corrected chi connectivity index (χ4v) is 12.3. The van der Waals surface area contributed by atoms with Crippen molar-refractivity contribution >= 4 is 11.9 Å². The van der Waals surface area contributed by atoms with Gasteiger partial charge in [-0.3, -0.25) is 9.59 Å². The molecule has 51 heavy (non-hydrogen) atoms. The Morgan fingerprint density at radius 3 is 2.18 bits per heavy atom. The molecule has 6 N–H and O–H groups in total. The van der Waals surface area contributed by atoms with E-state index in [0.717, 1.165) is 44.1 Å². The van der Waals surface area contributed by atoms with Crippen LogP contribution in [0.1, 0.15) is 126 Å². The predicted molar refractivity (Wildman–Crippen MR) is 189 cm³/mol. The van der Waals surface area contributed by atoms with Gasteiger partial charge < -0.3 is 44.8 Å². The molecule has 4 aliphatic carbocycles. The molecule has 0 bridgehead atoms. The lowest BCUT2D eigenvalue weighted by Gasteiger charge is -2.70. The number of carbonyl (C=O) groups excluding carboxylic acids is 1. The van der Waals surface area contributed by atoms with Gasteiger partial charge in [-0.05, 0) is 124 Å². The van der Waals surface area contributed by atoms with Gasteiger partial charge >= 0.3 is 11.9 Å². The number of hydrogen-bond acceptors (Lipinski definition) is 10. The van der Waals surface area contributed by atoms with Crippen molar-refractivity contribution in [2.45, 2.75) is 175 Å². The Labute approximate surface area is 304 Å². The first kappa shape index (κ1) is 40.6. The fraction of sp³-hybridized carbons (Fsp3) is 0.900. The molecular weight excluding hydrogens is 656 g/mol. The Kier molecular flexibility index (Phi) is 11.6. The molecule has 1 heterocycles. The van der Waals surface area contributed by atoms with Crippen LogP contribution in [-0.4, -0.2) is 97.7 Å². The van der Waals surface area contributed by atoms with E-state index < -0.39 is 67.4 Å². The average Bonchev–Trinajstić information content (AvgIpc) is 3.43. The van der Waals surface area contributed by atoms with Crippen LogP contribution in [0.4, 0.5) is 0 Å². The standard InChI is InChI=1S/C40H66O11/c1-22(2)10-9-16-40(8,51-35-34(48)33(47)32(46)25(50-35)21-49-30(45)12-11-29(43)44)23-13-18-39(7)31(23)24(41)20-27-37(5)17-15-28(42)36(3,4)26(37)14-19-38(27,39)6/h10,23-28,31-35,41-42,46-48H,9,11-21H2,1-8H3,(H,43,44)/t23?,24-,25-,26?,27?,28+,31?,32-,33+,34-,35-,37+,38-,39-,40+/m1/s1. The monoisotopic (exact) mass is 722 g/mol. The van der Waals surface area contributed by atoms with E-state index in [1.165, 1.54) is 0 Å². The van der Waals surface area contributed by atoms with Gasteiger partial charge in [0.2, 0.25) is 0 Å². The molecule has 5 rings (SSSR count). The Balaban J connectivity index is 1.42. The molecule has 11 heteroatoms. The highest BCUT2D eigenvalue weighted by Gasteiger charge is 2.71. The van der Waals surface area contributed by atoms with Crippen LogP contribution in [0.15, 0.2) is 11.6 Å². The van der Waals surface area contributed by atoms with Crippen molar-refractivity contribution in [3.05, 3.63) is 11.6 Å². The van der Waals surface area contributed by atoms with E-state index >= 15 is 0 Å². The first-order valence-electron chi connectivity index (χ1n) is 19.4. The molecule has 0 spiro atoms. The van der Waals surface area contributed by atoms with Crippen molar-refractivity contribution in [2.75, 3.05) is 6.61 Å². The largest absolute Gasteiger partial charge is 0.481 e. The smallest absolute Gasteiger partial charge is 0.306 e. The van der Waals surface area contributed by atoms with E-state index in [0.29, 0.717) is 31.1 Å². The second-order valence-electron chi connectivity index (χ2n) is 18.7. The number of allylic oxidation sites excluding steroid dienone is 2. The summed E-state index contributed by atoms with van der Waals surface area (Å²) in [7, 11) is 0. The number of rotatable bonds is 11. The predicted octanol–water partition coefficient (Wildman–Crippen LogP) is 4.74. The summed E-state index contributed by atoms with van der Waals surface area (Å²) in [4.78, 5) is 23.0. The summed E-state index contributed by atoms with van der Waals surface area (Å²) in [5.74, 6) is -1.47. The lowest BCUT2D eigenvalue weighted by molar-refractivity contribution is -0.336. The summed E-state index contributed by atoms with van der Waals surface area (Å²) >= 11 is 0. The van der Waals surface area contributed by atoms with Crippen LogP contribution in [-0.2, 0) is 23.8 Å². The highest BCUT2D eigenvalue weighted by atomic mass is 16.7. The summed E-state index contributed by atoms with van der Waals surface area (Å²) in [6.45, 7) is 17.3. The SMILES string of the molecule is CC(C)=CCC[C@](C)(O[C@H]1O[C@H](COC(=O)CCC(=O)O)[C@@H](O)[C@H](O)[C@H]1O)C1CC[C@]2(C)C1[C@H](O)CC1[C@@]3(C)CC[C@H](O)C(C)(C)C3CC[C@]12C. The molecule has 0 amide bonds. The minimum atomic E-state index is -1.64. The van der Waals surface area contributed by atoms with Gasteiger partial charge in [0.1, 0.15) is 31.0 Å². The van der Waals surface area contributed by atoms with Crippen molar-refractivity contribution in [1.82, 2.24) is 0 Å². The van der Waals surface area contributed by atoms with Crippen molar-refractivity contribution in [3.63, 3.8) is 0 Å². The van der Waals surface area contributed by atoms with Gasteiger partial charge in [-0.25, -0.2) is 0 Å². The molecule has 0 aromatic heterocycles. The van der Waals surface area contributed by atoms with E-state index in [1.54, 1.807) is 0 Å². The fourth-order valence-electron chi connectivity index (χ4n) is 12.3. The molecule has 4 saturated carbocycles. The van der Waals surface area contributed by atoms with Crippen molar-refractivity contribution in [1.29, 1.82) is 0 Å². The Morgan fingerprint density at radius 1 is 0.863 bits per heavy atom. The number of ether oxygens (including phenoxy) is 3. The summed E-state index contributed by atoms with van der Waals surface area (Å²) in [6, 6.07) is 0. The van der Waals surface area contributed by atoms with E-state index in [1.807, 2.05) is 20.8 Å². The number of hydrogen-bond donors (Lipinski definition) is 6. The molecule has 0 aromatic rings. The normalized spacial score (nSPS) is 45.8. The zero-order chi connectivity index (χ0) is 37.9. The summed E-state index contributed by atoms with van der Waals surface area (Å²) in [6.07, 6.45) is 0.518. The van der Waals surface area contributed by atoms with Gasteiger partial charge in [0.15, 0.2) is 6.29 Å². The van der Waals surface area contributed by atoms with Crippen LogP contribution in [0.2, 0.25) is 0 Å². The lowest BCUT2D eigenvalue weighted by atomic mass is 9.35. The number of carbonyl (C=O) groups is 2. The van der Waals surface area contributed by atoms with Crippen molar-refractivity contribution in [2.24, 2.45) is 45.3 Å². The van der Waals surface area contributed by atoms with Crippen LogP contribution in [0.5, 0.6) is 0 Å². The molecule has 0 aromatic carbocycles. The van der Waals surface area contributed by atoms with Gasteiger partial charge in [0.25, 0.3) is 0 Å². The third kappa shape index (κ3) is 7.07. The van der Waals surface area contributed by atoms with Crippen LogP contribution >= 0.6 is 0 Å². The van der Waals surface area contributed by atoms with Gasteiger partial charge in [0.05, 0.1) is 30.7 Å². The minimum Gasteiger partial charge on any atom is -0.481 e. The van der Waals surface area contributed by atoms with E-state index in [2.05, 4.69) is 40.7 Å². The molecule has 5 fully saturated rings. The number of carboxylic acids is 1. The van der Waals surface area contributed by atoms with E-state index in [4.69, 9.17) is 19.3 Å². The zero-order valence-corrected chi connectivity index (χ0v) is 32.1. The molecule has 15 atom stereocenters. The van der Waals surface area contributed by atoms with Crippen LogP contribution in [0.25, 0.3) is 0 Å². The molecule has 11 nitrogen and oxygen atoms in total. The molecule has 292 valence electrons. The third-order valence-corrected chi connectivity index (χ3v) is 15.4. The highest BCUT2D eigenvalue weighted by molar-refractivity contribution is 5.76. The number of fused-ring (bicyclic) bond motifs is 5. The quantitative estimate of drug-likeness (QED) is 0.128. The van der Waals surface area contributed by atoms with Crippen molar-refractivity contribution < 1.29 is 54.4 Å². The van der Waals surface area contributed by atoms with Crippen molar-refractivity contribution in [3.8, 4) is 0 Å². The maximum Gasteiger partial charge on any atom is 0.306 e. The summed E-state index contributed by atoms with van der Waals surface area (Å²) in [5, 5.41) is 65.1. The number of aliphatic carboxylic acids is 1. The first-order chi connectivity index (χ1) is 23.6. The first-order valence-corrected chi connectivity index (χ1v) is 19.4. The van der Waals surface area contributed by atoms with Crippen LogP contribution < -0.4 is 0 Å². The molecule has 5 aliphatic rings. The van der Waals surface area contributed by atoms with E-state index in [9.17, 15) is 35.1 Å². The van der Waals surface area contributed by atoms with Gasteiger partial charge in [-0.15, -0.1) is 0 Å². The number of aliphatic hydroxyl groups excluding tert-OH is 5. The van der Waals surface area contributed by atoms with E-state index in [-0.39, 0.29) is 46.0 Å². The second kappa shape index (κ2) is 14.6. The zero-order valence-electron chi connectivity index (χ0n) is 32.1. The Bertz CT molecular complexity index is 1310. The van der Waals surface area contributed by atoms with Crippen LogP contribution in [0, 0.1) is 45.3 Å². The highest BCUT2D eigenvalue weighted by Crippen LogP contribution is 2.76. The maximum atomic E-state index is 12.4. The molecule has 0 radical (unpaired) electrons. The second-order valence-corrected chi connectivity index (χ2v) is 18.7. The molecule has 1 saturated heterocycles. The maximum absolute atomic E-state index is 12.4. The Hall–Kier alpha value is -1.60. The molecular formula is C40H66O11. The summed E-state index contributed by atoms with van der Waals surface area (Å²) in [5.41, 5.74) is -0.205. The number of carboxylic acid groups (broad SMARTS) is 1. The Morgan fingerprint density at radius 2 is 1.53 bits per heavy atom. The number of esters is 1. The van der Waals surface area contributed by atoms with Gasteiger partial charge in [0, 0.05) is 0 Å². The van der Waals surface area contributed by atoms with Gasteiger partial charge in [-0.2, -0.15) is 0 Å². The topological polar surface area (TPSA) is 183 Å². The number of aliphatic hydroxyl groups is 5. The third-order valence-electron chi connectivity index (χ3n) is 15.4. The minimum absolute atomic E-state index is 0.00482. The molecule has 4 unspecified atom stereocenters. The van der Waals surface area contributed by atoms with Gasteiger partial charge in [-0.1, -0.05) is 46.3 Å². The molecule has 1 aliphatic heterocycles. The average molecular weight is 723 g/mol. The lowest BCUT2D eigenvalue weighted by Crippen LogP contribution is -2.67.